The minimum atomic E-state index is -0.329. The third-order valence-electron chi connectivity index (χ3n) is 3.78. The maximum Gasteiger partial charge on any atom is 0.228 e. The van der Waals surface area contributed by atoms with Crippen LogP contribution in [0.15, 0.2) is 48.5 Å². The van der Waals surface area contributed by atoms with Gasteiger partial charge in [0.2, 0.25) is 5.91 Å². The Morgan fingerprint density at radius 2 is 1.87 bits per heavy atom. The molecule has 2 aromatic carbocycles. The van der Waals surface area contributed by atoms with Gasteiger partial charge in [0.05, 0.1) is 19.6 Å². The van der Waals surface area contributed by atoms with E-state index in [0.29, 0.717) is 5.56 Å². The average molecular weight is 314 g/mol. The van der Waals surface area contributed by atoms with Gasteiger partial charge in [0.1, 0.15) is 5.82 Å². The van der Waals surface area contributed by atoms with Crippen molar-refractivity contribution in [3.8, 4) is 0 Å². The van der Waals surface area contributed by atoms with E-state index in [2.05, 4.69) is 10.2 Å². The molecular weight excluding hydrogens is 295 g/mol. The summed E-state index contributed by atoms with van der Waals surface area (Å²) in [5.74, 6) is -0.486. The standard InChI is InChI=1S/C18H19FN2O2/c19-15-3-1-2-14(12-15)13-18(22)20-16-4-6-17(7-5-16)21-8-10-23-11-9-21/h1-7,12H,8-11,13H2,(H,20,22). The Labute approximate surface area is 134 Å². The molecule has 1 saturated heterocycles. The van der Waals surface area contributed by atoms with Gasteiger partial charge in [0.15, 0.2) is 0 Å². The van der Waals surface area contributed by atoms with E-state index < -0.39 is 0 Å². The molecule has 0 bridgehead atoms. The summed E-state index contributed by atoms with van der Waals surface area (Å²) in [5, 5.41) is 2.84. The minimum Gasteiger partial charge on any atom is -0.378 e. The van der Waals surface area contributed by atoms with Crippen LogP contribution in [0.2, 0.25) is 0 Å². The number of nitrogens with zero attached hydrogens (tertiary/aromatic N) is 1. The van der Waals surface area contributed by atoms with Gasteiger partial charge in [0.25, 0.3) is 0 Å². The first kappa shape index (κ1) is 15.5. The van der Waals surface area contributed by atoms with Crippen molar-refractivity contribution in [1.82, 2.24) is 0 Å². The Balaban J connectivity index is 1.58. The summed E-state index contributed by atoms with van der Waals surface area (Å²) in [7, 11) is 0. The molecule has 0 unspecified atom stereocenters. The Morgan fingerprint density at radius 1 is 1.13 bits per heavy atom. The van der Waals surface area contributed by atoms with Gasteiger partial charge in [-0.05, 0) is 42.0 Å². The van der Waals surface area contributed by atoms with Gasteiger partial charge < -0.3 is 15.0 Å². The van der Waals surface area contributed by atoms with Crippen LogP contribution in [0.1, 0.15) is 5.56 Å². The molecule has 120 valence electrons. The number of halogens is 1. The summed E-state index contributed by atoms with van der Waals surface area (Å²) in [6.45, 7) is 3.24. The van der Waals surface area contributed by atoms with E-state index in [4.69, 9.17) is 4.74 Å². The van der Waals surface area contributed by atoms with Crippen molar-refractivity contribution in [2.75, 3.05) is 36.5 Å². The van der Waals surface area contributed by atoms with E-state index in [0.717, 1.165) is 37.7 Å². The zero-order valence-electron chi connectivity index (χ0n) is 12.8. The number of amides is 1. The van der Waals surface area contributed by atoms with Gasteiger partial charge in [-0.3, -0.25) is 4.79 Å². The lowest BCUT2D eigenvalue weighted by Gasteiger charge is -2.28. The van der Waals surface area contributed by atoms with Gasteiger partial charge in [-0.1, -0.05) is 12.1 Å². The molecule has 0 aromatic heterocycles. The van der Waals surface area contributed by atoms with Gasteiger partial charge in [-0.2, -0.15) is 0 Å². The first-order valence-electron chi connectivity index (χ1n) is 7.68. The third kappa shape index (κ3) is 4.29. The lowest BCUT2D eigenvalue weighted by molar-refractivity contribution is -0.115. The van der Waals surface area contributed by atoms with Crippen molar-refractivity contribution in [3.63, 3.8) is 0 Å². The van der Waals surface area contributed by atoms with E-state index in [1.807, 2.05) is 24.3 Å². The fourth-order valence-electron chi connectivity index (χ4n) is 2.61. The summed E-state index contributed by atoms with van der Waals surface area (Å²) in [6.07, 6.45) is 0.156. The number of hydrogen-bond donors (Lipinski definition) is 1. The molecule has 0 aliphatic carbocycles. The first-order valence-corrected chi connectivity index (χ1v) is 7.68. The SMILES string of the molecule is O=C(Cc1cccc(F)c1)Nc1ccc(N2CCOCC2)cc1. The van der Waals surface area contributed by atoms with Gasteiger partial charge >= 0.3 is 0 Å². The third-order valence-corrected chi connectivity index (χ3v) is 3.78. The monoisotopic (exact) mass is 314 g/mol. The Bertz CT molecular complexity index is 667. The Morgan fingerprint density at radius 3 is 2.57 bits per heavy atom. The van der Waals surface area contributed by atoms with E-state index >= 15 is 0 Å². The van der Waals surface area contributed by atoms with Crippen molar-refractivity contribution >= 4 is 17.3 Å². The fourth-order valence-corrected chi connectivity index (χ4v) is 2.61. The van der Waals surface area contributed by atoms with Crippen LogP contribution in [0.5, 0.6) is 0 Å². The van der Waals surface area contributed by atoms with Crippen LogP contribution in [0, 0.1) is 5.82 Å². The quantitative estimate of drug-likeness (QED) is 0.943. The lowest BCUT2D eigenvalue weighted by Crippen LogP contribution is -2.36. The molecule has 1 amide bonds. The second-order valence-electron chi connectivity index (χ2n) is 5.50. The van der Waals surface area contributed by atoms with E-state index in [1.165, 1.54) is 12.1 Å². The Kier molecular flexibility index (Phi) is 4.88. The minimum absolute atomic E-state index is 0.156. The topological polar surface area (TPSA) is 41.6 Å². The second-order valence-corrected chi connectivity index (χ2v) is 5.50. The van der Waals surface area contributed by atoms with Gasteiger partial charge in [-0.25, -0.2) is 4.39 Å². The zero-order valence-corrected chi connectivity index (χ0v) is 12.8. The molecular formula is C18H19FN2O2. The predicted molar refractivity (Wildman–Crippen MR) is 88.2 cm³/mol. The second kappa shape index (κ2) is 7.24. The van der Waals surface area contributed by atoms with Crippen LogP contribution in [0.3, 0.4) is 0 Å². The molecule has 0 atom stereocenters. The largest absolute Gasteiger partial charge is 0.378 e. The number of rotatable bonds is 4. The average Bonchev–Trinajstić information content (AvgIpc) is 2.56. The van der Waals surface area contributed by atoms with Crippen LogP contribution >= 0.6 is 0 Å². The molecule has 1 aliphatic rings. The van der Waals surface area contributed by atoms with E-state index in [-0.39, 0.29) is 18.1 Å². The maximum absolute atomic E-state index is 13.1. The van der Waals surface area contributed by atoms with Gasteiger partial charge in [-0.15, -0.1) is 0 Å². The van der Waals surface area contributed by atoms with Crippen molar-refractivity contribution < 1.29 is 13.9 Å². The molecule has 1 aliphatic heterocycles. The number of anilines is 2. The van der Waals surface area contributed by atoms with Crippen LogP contribution < -0.4 is 10.2 Å². The van der Waals surface area contributed by atoms with Gasteiger partial charge in [0, 0.05) is 24.5 Å². The van der Waals surface area contributed by atoms with Crippen molar-refractivity contribution in [3.05, 3.63) is 59.9 Å². The molecule has 0 saturated carbocycles. The number of nitrogens with one attached hydrogen (secondary N) is 1. The summed E-state index contributed by atoms with van der Waals surface area (Å²) in [5.41, 5.74) is 2.52. The fraction of sp³-hybridized carbons (Fsp3) is 0.278. The van der Waals surface area contributed by atoms with Crippen LogP contribution in [0.4, 0.5) is 15.8 Å². The molecule has 1 fully saturated rings. The highest BCUT2D eigenvalue weighted by Crippen LogP contribution is 2.19. The molecule has 0 radical (unpaired) electrons. The maximum atomic E-state index is 13.1. The van der Waals surface area contributed by atoms with Crippen molar-refractivity contribution in [2.45, 2.75) is 6.42 Å². The molecule has 4 nitrogen and oxygen atoms in total. The van der Waals surface area contributed by atoms with Crippen LogP contribution in [-0.2, 0) is 16.0 Å². The molecule has 0 spiro atoms. The summed E-state index contributed by atoms with van der Waals surface area (Å²) in [4.78, 5) is 14.3. The van der Waals surface area contributed by atoms with E-state index in [1.54, 1.807) is 12.1 Å². The Hall–Kier alpha value is -2.40. The number of benzene rings is 2. The molecule has 23 heavy (non-hydrogen) atoms. The molecule has 5 heteroatoms. The van der Waals surface area contributed by atoms with Crippen molar-refractivity contribution in [1.29, 1.82) is 0 Å². The lowest BCUT2D eigenvalue weighted by atomic mass is 10.1. The van der Waals surface area contributed by atoms with Crippen LogP contribution in [-0.4, -0.2) is 32.2 Å². The highest BCUT2D eigenvalue weighted by atomic mass is 19.1. The van der Waals surface area contributed by atoms with Crippen molar-refractivity contribution in [2.24, 2.45) is 0 Å². The number of hydrogen-bond acceptors (Lipinski definition) is 3. The zero-order chi connectivity index (χ0) is 16.1. The first-order chi connectivity index (χ1) is 11.2. The molecule has 3 rings (SSSR count). The highest BCUT2D eigenvalue weighted by Gasteiger charge is 2.11. The summed E-state index contributed by atoms with van der Waals surface area (Å²) >= 11 is 0. The smallest absolute Gasteiger partial charge is 0.228 e. The number of carbonyl (C=O) groups is 1. The molecule has 1 heterocycles. The molecule has 2 aromatic rings. The number of ether oxygens (including phenoxy) is 1. The number of carbonyl (C=O) groups excluding carboxylic acids is 1. The van der Waals surface area contributed by atoms with E-state index in [9.17, 15) is 9.18 Å². The highest BCUT2D eigenvalue weighted by molar-refractivity contribution is 5.92. The summed E-state index contributed by atoms with van der Waals surface area (Å²) < 4.78 is 18.5. The number of morpholine rings is 1. The van der Waals surface area contributed by atoms with Crippen LogP contribution in [0.25, 0.3) is 0 Å². The molecule has 1 N–H and O–H groups in total. The normalized spacial score (nSPS) is 14.6. The predicted octanol–water partition coefficient (Wildman–Crippen LogP) is 2.84. The summed E-state index contributed by atoms with van der Waals surface area (Å²) in [6, 6.07) is 13.8.